The summed E-state index contributed by atoms with van der Waals surface area (Å²) in [6.45, 7) is 4.54. The zero-order valence-electron chi connectivity index (χ0n) is 15.8. The molecule has 0 saturated heterocycles. The number of benzene rings is 2. The second kappa shape index (κ2) is 7.12. The van der Waals surface area contributed by atoms with Gasteiger partial charge in [0.05, 0.1) is 38.1 Å². The van der Waals surface area contributed by atoms with Gasteiger partial charge in [0, 0.05) is 16.5 Å². The molecule has 138 valence electrons. The minimum atomic E-state index is -0.331. The van der Waals surface area contributed by atoms with Gasteiger partial charge in [-0.15, -0.1) is 0 Å². The van der Waals surface area contributed by atoms with Crippen LogP contribution in [0.15, 0.2) is 47.6 Å². The van der Waals surface area contributed by atoms with E-state index in [1.807, 2.05) is 32.0 Å². The molecule has 0 radical (unpaired) electrons. The Bertz CT molecular complexity index is 957. The molecule has 0 fully saturated rings. The van der Waals surface area contributed by atoms with E-state index in [9.17, 15) is 4.79 Å². The lowest BCUT2D eigenvalue weighted by Gasteiger charge is -2.21. The number of carbonyl (C=O) groups is 1. The highest BCUT2D eigenvalue weighted by Crippen LogP contribution is 2.35. The lowest BCUT2D eigenvalue weighted by molar-refractivity contribution is 0.0753. The summed E-state index contributed by atoms with van der Waals surface area (Å²) in [5.74, 6) is 1.02. The molecule has 1 aliphatic rings. The summed E-state index contributed by atoms with van der Waals surface area (Å²) in [4.78, 5) is 12.9. The van der Waals surface area contributed by atoms with Crippen molar-refractivity contribution in [2.24, 2.45) is 10.5 Å². The molecular formula is C21H21N3O3. The fourth-order valence-electron chi connectivity index (χ4n) is 3.16. The van der Waals surface area contributed by atoms with Gasteiger partial charge in [-0.1, -0.05) is 19.9 Å². The lowest BCUT2D eigenvalue weighted by Crippen LogP contribution is -2.31. The van der Waals surface area contributed by atoms with Gasteiger partial charge in [-0.3, -0.25) is 4.79 Å². The zero-order chi connectivity index (χ0) is 19.6. The molecule has 3 rings (SSSR count). The molecule has 0 unspecified atom stereocenters. The Labute approximate surface area is 158 Å². The van der Waals surface area contributed by atoms with Crippen LogP contribution in [0.25, 0.3) is 0 Å². The molecule has 1 heterocycles. The summed E-state index contributed by atoms with van der Waals surface area (Å²) < 4.78 is 10.7. The van der Waals surface area contributed by atoms with E-state index in [1.54, 1.807) is 38.5 Å². The topological polar surface area (TPSA) is 74.9 Å². The van der Waals surface area contributed by atoms with Gasteiger partial charge in [-0.2, -0.15) is 10.4 Å². The number of hydrogen-bond donors (Lipinski definition) is 0. The molecule has 6 heteroatoms. The van der Waals surface area contributed by atoms with Crippen LogP contribution in [0.3, 0.4) is 0 Å². The number of ether oxygens (including phenoxy) is 2. The standard InChI is InChI=1S/C21H21N3O3/c1-21(2)13-24(20(25)16-7-5-6-14(10-16)12-22)23-19(21)15-8-9-17(26-3)18(11-15)27-4/h5-11H,13H2,1-4H3. The molecule has 0 aliphatic carbocycles. The molecule has 0 atom stereocenters. The van der Waals surface area contributed by atoms with E-state index in [1.165, 1.54) is 5.01 Å². The summed E-state index contributed by atoms with van der Waals surface area (Å²) in [5, 5.41) is 15.1. The normalized spacial score (nSPS) is 15.1. The Kier molecular flexibility index (Phi) is 4.87. The summed E-state index contributed by atoms with van der Waals surface area (Å²) in [5.41, 5.74) is 2.24. The van der Waals surface area contributed by atoms with Crippen LogP contribution in [-0.4, -0.2) is 37.4 Å². The largest absolute Gasteiger partial charge is 0.493 e. The molecular weight excluding hydrogens is 342 g/mol. The van der Waals surface area contributed by atoms with Crippen LogP contribution in [0.5, 0.6) is 11.5 Å². The highest BCUT2D eigenvalue weighted by molar-refractivity contribution is 6.08. The van der Waals surface area contributed by atoms with Crippen molar-refractivity contribution in [1.82, 2.24) is 5.01 Å². The number of methoxy groups -OCH3 is 2. The number of nitriles is 1. The van der Waals surface area contributed by atoms with Crippen molar-refractivity contribution in [3.8, 4) is 17.6 Å². The van der Waals surface area contributed by atoms with Crippen LogP contribution in [0, 0.1) is 16.7 Å². The summed E-state index contributed by atoms with van der Waals surface area (Å²) in [6, 6.07) is 14.3. The number of carbonyl (C=O) groups excluding carboxylic acids is 1. The number of rotatable bonds is 4. The average molecular weight is 363 g/mol. The van der Waals surface area contributed by atoms with E-state index in [-0.39, 0.29) is 11.3 Å². The fourth-order valence-corrected chi connectivity index (χ4v) is 3.16. The molecule has 0 saturated carbocycles. The Morgan fingerprint density at radius 2 is 1.89 bits per heavy atom. The quantitative estimate of drug-likeness (QED) is 0.834. The van der Waals surface area contributed by atoms with Crippen molar-refractivity contribution in [3.63, 3.8) is 0 Å². The van der Waals surface area contributed by atoms with E-state index >= 15 is 0 Å². The van der Waals surface area contributed by atoms with E-state index < -0.39 is 0 Å². The van der Waals surface area contributed by atoms with Crippen molar-refractivity contribution >= 4 is 11.6 Å². The minimum absolute atomic E-state index is 0.226. The summed E-state index contributed by atoms with van der Waals surface area (Å²) >= 11 is 0. The monoisotopic (exact) mass is 363 g/mol. The van der Waals surface area contributed by atoms with E-state index in [4.69, 9.17) is 14.7 Å². The van der Waals surface area contributed by atoms with Gasteiger partial charge < -0.3 is 9.47 Å². The van der Waals surface area contributed by atoms with Crippen LogP contribution in [0.2, 0.25) is 0 Å². The molecule has 27 heavy (non-hydrogen) atoms. The maximum atomic E-state index is 12.9. The molecule has 1 aliphatic heterocycles. The maximum absolute atomic E-state index is 12.9. The summed E-state index contributed by atoms with van der Waals surface area (Å²) in [7, 11) is 3.17. The minimum Gasteiger partial charge on any atom is -0.493 e. The van der Waals surface area contributed by atoms with Crippen LogP contribution in [-0.2, 0) is 0 Å². The first-order valence-electron chi connectivity index (χ1n) is 8.53. The molecule has 2 aromatic rings. The molecule has 0 spiro atoms. The van der Waals surface area contributed by atoms with Gasteiger partial charge in [0.1, 0.15) is 0 Å². The predicted octanol–water partition coefficient (Wildman–Crippen LogP) is 3.46. The number of amides is 1. The molecule has 0 aromatic heterocycles. The Morgan fingerprint density at radius 3 is 2.56 bits per heavy atom. The van der Waals surface area contributed by atoms with Crippen LogP contribution in [0.1, 0.15) is 35.3 Å². The smallest absolute Gasteiger partial charge is 0.274 e. The lowest BCUT2D eigenvalue weighted by atomic mass is 9.84. The fraction of sp³-hybridized carbons (Fsp3) is 0.286. The van der Waals surface area contributed by atoms with Crippen LogP contribution < -0.4 is 9.47 Å². The molecule has 6 nitrogen and oxygen atoms in total. The highest BCUT2D eigenvalue weighted by atomic mass is 16.5. The van der Waals surface area contributed by atoms with Gasteiger partial charge in [0.15, 0.2) is 11.5 Å². The highest BCUT2D eigenvalue weighted by Gasteiger charge is 2.38. The van der Waals surface area contributed by atoms with E-state index in [2.05, 4.69) is 11.2 Å². The Morgan fingerprint density at radius 1 is 1.15 bits per heavy atom. The number of hydrogen-bond acceptors (Lipinski definition) is 5. The van der Waals surface area contributed by atoms with E-state index in [0.717, 1.165) is 11.3 Å². The Balaban J connectivity index is 1.96. The SMILES string of the molecule is COc1ccc(C2=NN(C(=O)c3cccc(C#N)c3)CC2(C)C)cc1OC. The van der Waals surface area contributed by atoms with E-state index in [0.29, 0.717) is 29.2 Å². The molecule has 2 aromatic carbocycles. The van der Waals surface area contributed by atoms with Crippen molar-refractivity contribution in [3.05, 3.63) is 59.2 Å². The molecule has 0 N–H and O–H groups in total. The van der Waals surface area contributed by atoms with Crippen molar-refractivity contribution in [1.29, 1.82) is 5.26 Å². The number of hydrazone groups is 1. The second-order valence-electron chi connectivity index (χ2n) is 6.96. The summed E-state index contributed by atoms with van der Waals surface area (Å²) in [6.07, 6.45) is 0. The van der Waals surface area contributed by atoms with Crippen molar-refractivity contribution < 1.29 is 14.3 Å². The Hall–Kier alpha value is -3.33. The number of nitrogens with zero attached hydrogens (tertiary/aromatic N) is 3. The van der Waals surface area contributed by atoms with Crippen LogP contribution >= 0.6 is 0 Å². The molecule has 1 amide bonds. The van der Waals surface area contributed by atoms with Gasteiger partial charge in [-0.05, 0) is 36.4 Å². The predicted molar refractivity (Wildman–Crippen MR) is 102 cm³/mol. The van der Waals surface area contributed by atoms with Crippen LogP contribution in [0.4, 0.5) is 0 Å². The van der Waals surface area contributed by atoms with Gasteiger partial charge in [0.2, 0.25) is 0 Å². The zero-order valence-corrected chi connectivity index (χ0v) is 15.8. The third-order valence-corrected chi connectivity index (χ3v) is 4.54. The van der Waals surface area contributed by atoms with Crippen molar-refractivity contribution in [2.45, 2.75) is 13.8 Å². The molecule has 0 bridgehead atoms. The first-order valence-corrected chi connectivity index (χ1v) is 8.53. The second-order valence-corrected chi connectivity index (χ2v) is 6.96. The third kappa shape index (κ3) is 3.49. The average Bonchev–Trinajstić information content (AvgIpc) is 3.01. The first-order chi connectivity index (χ1) is 12.9. The van der Waals surface area contributed by atoms with Crippen molar-refractivity contribution in [2.75, 3.05) is 20.8 Å². The maximum Gasteiger partial charge on any atom is 0.274 e. The third-order valence-electron chi connectivity index (χ3n) is 4.54. The van der Waals surface area contributed by atoms with Gasteiger partial charge in [0.25, 0.3) is 5.91 Å². The first kappa shape index (κ1) is 18.5. The van der Waals surface area contributed by atoms with Gasteiger partial charge >= 0.3 is 0 Å². The van der Waals surface area contributed by atoms with Gasteiger partial charge in [-0.25, -0.2) is 5.01 Å².